The normalized spacial score (nSPS) is 10.9. The standard InChI is InChI=1S/C12H15N/c1-3-5-11-8-9-13-10(2)6-4-7-12(11)13/h4,6-9H,3,5H2,1-2H3. The van der Waals surface area contributed by atoms with E-state index in [2.05, 4.69) is 48.7 Å². The molecule has 1 heteroatoms. The summed E-state index contributed by atoms with van der Waals surface area (Å²) in [5.41, 5.74) is 4.13. The zero-order chi connectivity index (χ0) is 9.26. The molecule has 68 valence electrons. The maximum atomic E-state index is 2.25. The topological polar surface area (TPSA) is 4.41 Å². The van der Waals surface area contributed by atoms with Crippen molar-refractivity contribution >= 4 is 5.52 Å². The predicted molar refractivity (Wildman–Crippen MR) is 56.1 cm³/mol. The van der Waals surface area contributed by atoms with Crippen molar-refractivity contribution in [2.45, 2.75) is 26.7 Å². The van der Waals surface area contributed by atoms with E-state index in [0.717, 1.165) is 0 Å². The predicted octanol–water partition coefficient (Wildman–Crippen LogP) is 3.20. The number of aromatic nitrogens is 1. The highest BCUT2D eigenvalue weighted by atomic mass is 14.9. The molecule has 13 heavy (non-hydrogen) atoms. The van der Waals surface area contributed by atoms with Crippen molar-refractivity contribution in [3.8, 4) is 0 Å². The molecule has 0 spiro atoms. The van der Waals surface area contributed by atoms with Gasteiger partial charge in [-0.1, -0.05) is 19.4 Å². The SMILES string of the molecule is CCCc1ccn2c(C)cccc12. The lowest BCUT2D eigenvalue weighted by Crippen LogP contribution is -1.89. The summed E-state index contributed by atoms with van der Waals surface area (Å²) in [5, 5.41) is 0. The van der Waals surface area contributed by atoms with Gasteiger partial charge in [-0.05, 0) is 37.1 Å². The summed E-state index contributed by atoms with van der Waals surface area (Å²) in [7, 11) is 0. The quantitative estimate of drug-likeness (QED) is 0.657. The molecule has 0 saturated heterocycles. The Labute approximate surface area is 79.0 Å². The fourth-order valence-electron chi connectivity index (χ4n) is 1.82. The third-order valence-electron chi connectivity index (χ3n) is 2.50. The van der Waals surface area contributed by atoms with Crippen LogP contribution in [-0.2, 0) is 6.42 Å². The van der Waals surface area contributed by atoms with Crippen LogP contribution >= 0.6 is 0 Å². The molecule has 0 radical (unpaired) electrons. The highest BCUT2D eigenvalue weighted by Crippen LogP contribution is 2.15. The second-order valence-electron chi connectivity index (χ2n) is 3.51. The summed E-state index contributed by atoms with van der Waals surface area (Å²) in [6, 6.07) is 8.69. The van der Waals surface area contributed by atoms with Crippen molar-refractivity contribution in [1.29, 1.82) is 0 Å². The molecule has 0 aromatic carbocycles. The monoisotopic (exact) mass is 173 g/mol. The Morgan fingerprint density at radius 2 is 2.08 bits per heavy atom. The van der Waals surface area contributed by atoms with Gasteiger partial charge in [0.05, 0.1) is 0 Å². The zero-order valence-electron chi connectivity index (χ0n) is 8.25. The molecule has 0 aliphatic carbocycles. The van der Waals surface area contributed by atoms with Crippen LogP contribution in [-0.4, -0.2) is 4.40 Å². The Morgan fingerprint density at radius 3 is 2.85 bits per heavy atom. The molecule has 0 unspecified atom stereocenters. The largest absolute Gasteiger partial charge is 0.321 e. The fourth-order valence-corrected chi connectivity index (χ4v) is 1.82. The number of hydrogen-bond acceptors (Lipinski definition) is 0. The van der Waals surface area contributed by atoms with Gasteiger partial charge in [0.2, 0.25) is 0 Å². The first-order valence-corrected chi connectivity index (χ1v) is 4.88. The average Bonchev–Trinajstić information content (AvgIpc) is 2.51. The van der Waals surface area contributed by atoms with Gasteiger partial charge in [-0.2, -0.15) is 0 Å². The van der Waals surface area contributed by atoms with Gasteiger partial charge in [0.1, 0.15) is 0 Å². The van der Waals surface area contributed by atoms with Gasteiger partial charge in [-0.3, -0.25) is 0 Å². The van der Waals surface area contributed by atoms with Crippen LogP contribution in [0.5, 0.6) is 0 Å². The summed E-state index contributed by atoms with van der Waals surface area (Å²) >= 11 is 0. The maximum absolute atomic E-state index is 2.25. The van der Waals surface area contributed by atoms with Crippen LogP contribution in [0.1, 0.15) is 24.6 Å². The first-order chi connectivity index (χ1) is 6.33. The number of pyridine rings is 1. The van der Waals surface area contributed by atoms with Crippen LogP contribution in [0.15, 0.2) is 30.5 Å². The summed E-state index contributed by atoms with van der Waals surface area (Å²) < 4.78 is 2.25. The number of nitrogens with zero attached hydrogens (tertiary/aromatic N) is 1. The van der Waals surface area contributed by atoms with Crippen LogP contribution in [0.2, 0.25) is 0 Å². The third-order valence-corrected chi connectivity index (χ3v) is 2.50. The summed E-state index contributed by atoms with van der Waals surface area (Å²) in [5.74, 6) is 0. The van der Waals surface area contributed by atoms with Gasteiger partial charge in [-0.25, -0.2) is 0 Å². The molecule has 0 aliphatic heterocycles. The molecule has 1 nitrogen and oxygen atoms in total. The van der Waals surface area contributed by atoms with E-state index in [4.69, 9.17) is 0 Å². The first-order valence-electron chi connectivity index (χ1n) is 4.88. The van der Waals surface area contributed by atoms with Gasteiger partial charge in [0.15, 0.2) is 0 Å². The Bertz CT molecular complexity index is 412. The highest BCUT2D eigenvalue weighted by molar-refractivity contribution is 5.56. The minimum absolute atomic E-state index is 1.18. The number of rotatable bonds is 2. The van der Waals surface area contributed by atoms with Gasteiger partial charge in [-0.15, -0.1) is 0 Å². The molecular formula is C12H15N. The molecule has 2 aromatic heterocycles. The van der Waals surface area contributed by atoms with Gasteiger partial charge in [0.25, 0.3) is 0 Å². The lowest BCUT2D eigenvalue weighted by atomic mass is 10.1. The van der Waals surface area contributed by atoms with E-state index in [9.17, 15) is 0 Å². The van der Waals surface area contributed by atoms with Crippen molar-refractivity contribution < 1.29 is 0 Å². The lowest BCUT2D eigenvalue weighted by Gasteiger charge is -2.01. The number of hydrogen-bond donors (Lipinski definition) is 0. The van der Waals surface area contributed by atoms with Crippen LogP contribution in [0.3, 0.4) is 0 Å². The van der Waals surface area contributed by atoms with E-state index in [0.29, 0.717) is 0 Å². The van der Waals surface area contributed by atoms with Crippen molar-refractivity contribution in [1.82, 2.24) is 4.40 Å². The van der Waals surface area contributed by atoms with Crippen molar-refractivity contribution in [2.75, 3.05) is 0 Å². The molecule has 0 amide bonds. The van der Waals surface area contributed by atoms with E-state index in [1.165, 1.54) is 29.6 Å². The third kappa shape index (κ3) is 1.35. The van der Waals surface area contributed by atoms with Crippen molar-refractivity contribution in [3.05, 3.63) is 41.7 Å². The maximum Gasteiger partial charge on any atom is 0.0484 e. The number of fused-ring (bicyclic) bond motifs is 1. The number of aryl methyl sites for hydroxylation is 2. The molecule has 0 bridgehead atoms. The Balaban J connectivity index is 2.61. The van der Waals surface area contributed by atoms with Gasteiger partial charge >= 0.3 is 0 Å². The summed E-state index contributed by atoms with van der Waals surface area (Å²) in [6.45, 7) is 4.36. The van der Waals surface area contributed by atoms with Crippen LogP contribution < -0.4 is 0 Å². The van der Waals surface area contributed by atoms with Crippen molar-refractivity contribution in [3.63, 3.8) is 0 Å². The highest BCUT2D eigenvalue weighted by Gasteiger charge is 2.01. The molecule has 0 N–H and O–H groups in total. The molecule has 2 heterocycles. The summed E-state index contributed by atoms with van der Waals surface area (Å²) in [6.07, 6.45) is 4.56. The molecular weight excluding hydrogens is 158 g/mol. The minimum atomic E-state index is 1.18. The van der Waals surface area contributed by atoms with Crippen LogP contribution in [0, 0.1) is 6.92 Å². The Kier molecular flexibility index (Phi) is 2.09. The minimum Gasteiger partial charge on any atom is -0.321 e. The fraction of sp³-hybridized carbons (Fsp3) is 0.333. The van der Waals surface area contributed by atoms with Crippen LogP contribution in [0.25, 0.3) is 5.52 Å². The van der Waals surface area contributed by atoms with E-state index in [-0.39, 0.29) is 0 Å². The molecule has 0 fully saturated rings. The van der Waals surface area contributed by atoms with E-state index in [1.807, 2.05) is 0 Å². The van der Waals surface area contributed by atoms with E-state index >= 15 is 0 Å². The lowest BCUT2D eigenvalue weighted by molar-refractivity contribution is 0.929. The van der Waals surface area contributed by atoms with Crippen LogP contribution in [0.4, 0.5) is 0 Å². The van der Waals surface area contributed by atoms with Crippen molar-refractivity contribution in [2.24, 2.45) is 0 Å². The average molecular weight is 173 g/mol. The molecule has 2 rings (SSSR count). The molecule has 2 aromatic rings. The second-order valence-corrected chi connectivity index (χ2v) is 3.51. The Hall–Kier alpha value is -1.24. The second kappa shape index (κ2) is 3.25. The molecule has 0 atom stereocenters. The van der Waals surface area contributed by atoms with Gasteiger partial charge in [0, 0.05) is 17.4 Å². The smallest absolute Gasteiger partial charge is 0.0484 e. The summed E-state index contributed by atoms with van der Waals surface area (Å²) in [4.78, 5) is 0. The first kappa shape index (κ1) is 8.36. The van der Waals surface area contributed by atoms with E-state index in [1.54, 1.807) is 0 Å². The Morgan fingerprint density at radius 1 is 1.23 bits per heavy atom. The van der Waals surface area contributed by atoms with Gasteiger partial charge < -0.3 is 4.40 Å². The molecule has 0 aliphatic rings. The van der Waals surface area contributed by atoms with E-state index < -0.39 is 0 Å². The molecule has 0 saturated carbocycles. The zero-order valence-corrected chi connectivity index (χ0v) is 8.25.